The van der Waals surface area contributed by atoms with Crippen LogP contribution in [0.1, 0.15) is 42.9 Å². The number of aryl methyl sites for hydroxylation is 1. The Labute approximate surface area is 166 Å². The van der Waals surface area contributed by atoms with Gasteiger partial charge in [0.15, 0.2) is 0 Å². The number of likely N-dealkylation sites (tertiary alicyclic amines) is 2. The molecule has 2 fully saturated rings. The molecule has 0 aliphatic carbocycles. The molecule has 2 aromatic rings. The summed E-state index contributed by atoms with van der Waals surface area (Å²) in [6.45, 7) is 6.24. The lowest BCUT2D eigenvalue weighted by atomic mass is 9.94. The number of piperidine rings is 1. The largest absolute Gasteiger partial charge is 0.342 e. The molecule has 0 aromatic carbocycles. The third kappa shape index (κ3) is 4.47. The molecule has 4 heterocycles. The Morgan fingerprint density at radius 2 is 2.00 bits per heavy atom. The number of pyridine rings is 1. The molecule has 148 valence electrons. The molecule has 4 rings (SSSR count). The van der Waals surface area contributed by atoms with Crippen molar-refractivity contribution in [3.63, 3.8) is 0 Å². The molecule has 7 nitrogen and oxygen atoms in total. The maximum absolute atomic E-state index is 12.5. The van der Waals surface area contributed by atoms with Crippen LogP contribution in [0.4, 0.5) is 11.8 Å². The maximum Gasteiger partial charge on any atom is 0.236 e. The van der Waals surface area contributed by atoms with Gasteiger partial charge in [-0.3, -0.25) is 9.69 Å². The number of nitrogens with zero attached hydrogens (tertiary/aromatic N) is 5. The van der Waals surface area contributed by atoms with Crippen molar-refractivity contribution < 1.29 is 4.79 Å². The molecule has 2 aromatic heterocycles. The summed E-state index contributed by atoms with van der Waals surface area (Å²) >= 11 is 0. The SMILES string of the molecule is Cc1cccnc1Nc1nccc(C2CCCN(CC(=O)N3CCCC3)C2)n1. The van der Waals surface area contributed by atoms with Crippen molar-refractivity contribution in [3.8, 4) is 0 Å². The summed E-state index contributed by atoms with van der Waals surface area (Å²) in [7, 11) is 0. The van der Waals surface area contributed by atoms with E-state index in [1.165, 1.54) is 0 Å². The third-order valence-corrected chi connectivity index (χ3v) is 5.66. The Hall–Kier alpha value is -2.54. The molecule has 0 bridgehead atoms. The second kappa shape index (κ2) is 8.65. The van der Waals surface area contributed by atoms with Crippen molar-refractivity contribution in [1.82, 2.24) is 24.8 Å². The molecule has 7 heteroatoms. The zero-order valence-electron chi connectivity index (χ0n) is 16.5. The molecule has 2 aliphatic rings. The van der Waals surface area contributed by atoms with Crippen molar-refractivity contribution >= 4 is 17.7 Å². The van der Waals surface area contributed by atoms with E-state index < -0.39 is 0 Å². The third-order valence-electron chi connectivity index (χ3n) is 5.66. The number of aromatic nitrogens is 3. The van der Waals surface area contributed by atoms with E-state index in [0.29, 0.717) is 18.4 Å². The van der Waals surface area contributed by atoms with Crippen molar-refractivity contribution in [3.05, 3.63) is 41.9 Å². The van der Waals surface area contributed by atoms with Gasteiger partial charge in [0.2, 0.25) is 11.9 Å². The lowest BCUT2D eigenvalue weighted by Gasteiger charge is -2.33. The molecule has 2 saturated heterocycles. The van der Waals surface area contributed by atoms with Gasteiger partial charge in [-0.2, -0.15) is 0 Å². The van der Waals surface area contributed by atoms with E-state index in [2.05, 4.69) is 20.2 Å². The highest BCUT2D eigenvalue weighted by Crippen LogP contribution is 2.26. The molecule has 0 saturated carbocycles. The van der Waals surface area contributed by atoms with Crippen LogP contribution in [-0.2, 0) is 4.79 Å². The number of amides is 1. The highest BCUT2D eigenvalue weighted by molar-refractivity contribution is 5.78. The van der Waals surface area contributed by atoms with E-state index in [4.69, 9.17) is 4.98 Å². The van der Waals surface area contributed by atoms with E-state index in [-0.39, 0.29) is 5.91 Å². The van der Waals surface area contributed by atoms with Gasteiger partial charge < -0.3 is 10.2 Å². The first-order valence-electron chi connectivity index (χ1n) is 10.2. The second-order valence-corrected chi connectivity index (χ2v) is 7.76. The van der Waals surface area contributed by atoms with Crippen molar-refractivity contribution in [2.24, 2.45) is 0 Å². The Bertz CT molecular complexity index is 820. The number of hydrogen-bond donors (Lipinski definition) is 1. The van der Waals surface area contributed by atoms with Crippen molar-refractivity contribution in [2.75, 3.05) is 38.0 Å². The van der Waals surface area contributed by atoms with E-state index in [9.17, 15) is 4.79 Å². The minimum atomic E-state index is 0.272. The number of rotatable bonds is 5. The van der Waals surface area contributed by atoms with Crippen molar-refractivity contribution in [1.29, 1.82) is 0 Å². The average molecular weight is 380 g/mol. The van der Waals surface area contributed by atoms with Crippen LogP contribution >= 0.6 is 0 Å². The van der Waals surface area contributed by atoms with Gasteiger partial charge in [0.1, 0.15) is 5.82 Å². The first-order chi connectivity index (χ1) is 13.7. The molecule has 2 aliphatic heterocycles. The molecule has 1 amide bonds. The Kier molecular flexibility index (Phi) is 5.81. The summed E-state index contributed by atoms with van der Waals surface area (Å²) in [6, 6.07) is 5.92. The number of hydrogen-bond acceptors (Lipinski definition) is 6. The number of anilines is 2. The molecule has 1 N–H and O–H groups in total. The minimum absolute atomic E-state index is 0.272. The summed E-state index contributed by atoms with van der Waals surface area (Å²) in [4.78, 5) is 30.2. The van der Waals surface area contributed by atoms with Gasteiger partial charge in [0.05, 0.1) is 12.2 Å². The maximum atomic E-state index is 12.5. The fourth-order valence-corrected chi connectivity index (χ4v) is 4.08. The van der Waals surface area contributed by atoms with Gasteiger partial charge in [-0.05, 0) is 56.8 Å². The molecule has 1 atom stereocenters. The van der Waals surface area contributed by atoms with E-state index >= 15 is 0 Å². The number of carbonyl (C=O) groups excluding carboxylic acids is 1. The molecule has 1 unspecified atom stereocenters. The normalized spacial score (nSPS) is 20.3. The van der Waals surface area contributed by atoms with E-state index in [1.54, 1.807) is 12.4 Å². The fourth-order valence-electron chi connectivity index (χ4n) is 4.08. The van der Waals surface area contributed by atoms with Crippen LogP contribution < -0.4 is 5.32 Å². The van der Waals surface area contributed by atoms with Gasteiger partial charge in [-0.15, -0.1) is 0 Å². The fraction of sp³-hybridized carbons (Fsp3) is 0.524. The standard InChI is InChI=1S/C21H28N6O/c1-16-6-4-9-22-20(16)25-21-23-10-8-18(24-21)17-7-5-11-26(14-17)15-19(28)27-12-2-3-13-27/h4,6,8-10,17H,2-3,5,7,11-15H2,1H3,(H,22,23,24,25). The van der Waals surface area contributed by atoms with Gasteiger partial charge in [0.25, 0.3) is 0 Å². The van der Waals surface area contributed by atoms with Crippen LogP contribution in [0.2, 0.25) is 0 Å². The number of carbonyl (C=O) groups is 1. The monoisotopic (exact) mass is 380 g/mol. The van der Waals surface area contributed by atoms with Crippen molar-refractivity contribution in [2.45, 2.75) is 38.5 Å². The van der Waals surface area contributed by atoms with Crippen LogP contribution in [0.3, 0.4) is 0 Å². The zero-order chi connectivity index (χ0) is 19.3. The quantitative estimate of drug-likeness (QED) is 0.860. The van der Waals surface area contributed by atoms with Crippen LogP contribution in [0.25, 0.3) is 0 Å². The zero-order valence-corrected chi connectivity index (χ0v) is 16.5. The van der Waals surface area contributed by atoms with E-state index in [1.807, 2.05) is 30.0 Å². The predicted octanol–water partition coefficient (Wildman–Crippen LogP) is 2.73. The van der Waals surface area contributed by atoms with E-state index in [0.717, 1.165) is 68.9 Å². The van der Waals surface area contributed by atoms with Crippen LogP contribution in [0.5, 0.6) is 0 Å². The van der Waals surface area contributed by atoms with Gasteiger partial charge >= 0.3 is 0 Å². The smallest absolute Gasteiger partial charge is 0.236 e. The summed E-state index contributed by atoms with van der Waals surface area (Å²) in [5.74, 6) is 1.95. The molecular formula is C21H28N6O. The summed E-state index contributed by atoms with van der Waals surface area (Å²) in [5.41, 5.74) is 2.09. The minimum Gasteiger partial charge on any atom is -0.342 e. The highest BCUT2D eigenvalue weighted by atomic mass is 16.2. The highest BCUT2D eigenvalue weighted by Gasteiger charge is 2.26. The molecule has 0 spiro atoms. The molecule has 0 radical (unpaired) electrons. The average Bonchev–Trinajstić information content (AvgIpc) is 3.25. The Morgan fingerprint density at radius 1 is 1.14 bits per heavy atom. The summed E-state index contributed by atoms with van der Waals surface area (Å²) < 4.78 is 0. The number of nitrogens with one attached hydrogen (secondary N) is 1. The topological polar surface area (TPSA) is 74.2 Å². The lowest BCUT2D eigenvalue weighted by molar-refractivity contribution is -0.131. The van der Waals surface area contributed by atoms with Crippen LogP contribution in [0.15, 0.2) is 30.6 Å². The molecule has 28 heavy (non-hydrogen) atoms. The lowest BCUT2D eigenvalue weighted by Crippen LogP contribution is -2.43. The first kappa shape index (κ1) is 18.8. The van der Waals surface area contributed by atoms with Crippen LogP contribution in [0, 0.1) is 6.92 Å². The van der Waals surface area contributed by atoms with Gasteiger partial charge in [-0.25, -0.2) is 15.0 Å². The Balaban J connectivity index is 1.40. The predicted molar refractivity (Wildman–Crippen MR) is 109 cm³/mol. The van der Waals surface area contributed by atoms with Crippen LogP contribution in [-0.4, -0.2) is 63.4 Å². The summed E-state index contributed by atoms with van der Waals surface area (Å²) in [5, 5.41) is 3.22. The molecular weight excluding hydrogens is 352 g/mol. The second-order valence-electron chi connectivity index (χ2n) is 7.76. The van der Waals surface area contributed by atoms with Gasteiger partial charge in [0, 0.05) is 37.9 Å². The summed E-state index contributed by atoms with van der Waals surface area (Å²) in [6.07, 6.45) is 8.02. The Morgan fingerprint density at radius 3 is 2.82 bits per heavy atom. The first-order valence-corrected chi connectivity index (χ1v) is 10.2. The van der Waals surface area contributed by atoms with Gasteiger partial charge in [-0.1, -0.05) is 6.07 Å².